The van der Waals surface area contributed by atoms with Crippen LogP contribution in [0.4, 0.5) is 0 Å². The van der Waals surface area contributed by atoms with Crippen molar-refractivity contribution in [3.05, 3.63) is 78.9 Å². The summed E-state index contributed by atoms with van der Waals surface area (Å²) in [7, 11) is -3.66. The minimum absolute atomic E-state index is 0.0455. The van der Waals surface area contributed by atoms with E-state index in [-0.39, 0.29) is 24.0 Å². The molecule has 2 aromatic rings. The molecule has 29 heavy (non-hydrogen) atoms. The van der Waals surface area contributed by atoms with E-state index < -0.39 is 16.1 Å². The van der Waals surface area contributed by atoms with Gasteiger partial charge in [0.15, 0.2) is 0 Å². The predicted molar refractivity (Wildman–Crippen MR) is 115 cm³/mol. The van der Waals surface area contributed by atoms with Gasteiger partial charge in [-0.25, -0.2) is 13.1 Å². The van der Waals surface area contributed by atoms with Gasteiger partial charge >= 0.3 is 0 Å². The van der Waals surface area contributed by atoms with E-state index in [1.165, 1.54) is 0 Å². The van der Waals surface area contributed by atoms with E-state index in [0.717, 1.165) is 5.56 Å². The van der Waals surface area contributed by atoms with E-state index in [0.29, 0.717) is 26.1 Å². The first kappa shape index (κ1) is 23.3. The molecular formula is C22H30N2O4S. The molecule has 2 aromatic carbocycles. The van der Waals surface area contributed by atoms with E-state index in [9.17, 15) is 13.5 Å². The summed E-state index contributed by atoms with van der Waals surface area (Å²) in [4.78, 5) is 0.216. The van der Waals surface area contributed by atoms with Crippen LogP contribution in [0.1, 0.15) is 12.0 Å². The maximum Gasteiger partial charge on any atom is 0.240 e. The highest BCUT2D eigenvalue weighted by atomic mass is 32.2. The summed E-state index contributed by atoms with van der Waals surface area (Å²) in [6.45, 7) is 5.31. The fourth-order valence-corrected chi connectivity index (χ4v) is 4.08. The maximum atomic E-state index is 12.7. The summed E-state index contributed by atoms with van der Waals surface area (Å²) >= 11 is 0. The van der Waals surface area contributed by atoms with Gasteiger partial charge in [0.25, 0.3) is 0 Å². The maximum absolute atomic E-state index is 12.7. The third-order valence-electron chi connectivity index (χ3n) is 4.39. The number of aliphatic hydroxyl groups excluding tert-OH is 1. The molecule has 0 aliphatic rings. The van der Waals surface area contributed by atoms with Crippen molar-refractivity contribution >= 4 is 10.0 Å². The Kier molecular flexibility index (Phi) is 10.0. The zero-order chi connectivity index (χ0) is 21.0. The molecule has 6 nitrogen and oxygen atoms in total. The van der Waals surface area contributed by atoms with Crippen molar-refractivity contribution in [3.63, 3.8) is 0 Å². The van der Waals surface area contributed by atoms with Crippen LogP contribution in [0.3, 0.4) is 0 Å². The highest BCUT2D eigenvalue weighted by Crippen LogP contribution is 2.09. The average molecular weight is 419 g/mol. The molecule has 0 aliphatic carbocycles. The SMILES string of the molecule is C=CCC(CO)CNC[C@H](COCc1ccccc1)NS(=O)(=O)c1ccccc1. The molecule has 0 heterocycles. The number of aliphatic hydroxyl groups is 1. The van der Waals surface area contributed by atoms with Gasteiger partial charge in [0.05, 0.1) is 24.2 Å². The Morgan fingerprint density at radius 1 is 1.03 bits per heavy atom. The van der Waals surface area contributed by atoms with Crippen LogP contribution in [-0.4, -0.2) is 45.9 Å². The lowest BCUT2D eigenvalue weighted by Gasteiger charge is -2.21. The Morgan fingerprint density at radius 3 is 2.31 bits per heavy atom. The van der Waals surface area contributed by atoms with Crippen LogP contribution in [0.25, 0.3) is 0 Å². The van der Waals surface area contributed by atoms with Crippen LogP contribution in [0.5, 0.6) is 0 Å². The van der Waals surface area contributed by atoms with E-state index >= 15 is 0 Å². The molecule has 2 rings (SSSR count). The van der Waals surface area contributed by atoms with Crippen LogP contribution >= 0.6 is 0 Å². The normalized spacial score (nSPS) is 13.7. The lowest BCUT2D eigenvalue weighted by atomic mass is 10.1. The van der Waals surface area contributed by atoms with Crippen LogP contribution in [-0.2, 0) is 21.4 Å². The topological polar surface area (TPSA) is 87.7 Å². The van der Waals surface area contributed by atoms with E-state index in [1.807, 2.05) is 30.3 Å². The molecule has 7 heteroatoms. The van der Waals surface area contributed by atoms with Gasteiger partial charge in [0.2, 0.25) is 10.0 Å². The molecule has 2 atom stereocenters. The monoisotopic (exact) mass is 418 g/mol. The van der Waals surface area contributed by atoms with Gasteiger partial charge in [-0.1, -0.05) is 54.6 Å². The van der Waals surface area contributed by atoms with Gasteiger partial charge in [-0.15, -0.1) is 6.58 Å². The van der Waals surface area contributed by atoms with Crippen molar-refractivity contribution in [3.8, 4) is 0 Å². The molecule has 0 amide bonds. The molecule has 0 spiro atoms. The standard InChI is InChI=1S/C22H30N2O4S/c1-2-9-20(16-25)14-23-15-21(18-28-17-19-10-5-3-6-11-19)24-29(26,27)22-12-7-4-8-13-22/h2-8,10-13,20-21,23-25H,1,9,14-18H2/t20?,21-/m1/s1. The summed E-state index contributed by atoms with van der Waals surface area (Å²) in [5.41, 5.74) is 1.02. The number of hydrogen-bond acceptors (Lipinski definition) is 5. The van der Waals surface area contributed by atoms with Crippen molar-refractivity contribution in [1.82, 2.24) is 10.0 Å². The molecular weight excluding hydrogens is 388 g/mol. The fraction of sp³-hybridized carbons (Fsp3) is 0.364. The second-order valence-corrected chi connectivity index (χ2v) is 8.58. The average Bonchev–Trinajstić information content (AvgIpc) is 2.74. The molecule has 0 aromatic heterocycles. The van der Waals surface area contributed by atoms with Crippen molar-refractivity contribution in [1.29, 1.82) is 0 Å². The highest BCUT2D eigenvalue weighted by Gasteiger charge is 2.20. The lowest BCUT2D eigenvalue weighted by Crippen LogP contribution is -2.45. The van der Waals surface area contributed by atoms with Gasteiger partial charge in [-0.3, -0.25) is 0 Å². The number of benzene rings is 2. The largest absolute Gasteiger partial charge is 0.396 e. The number of hydrogen-bond donors (Lipinski definition) is 3. The predicted octanol–water partition coefficient (Wildman–Crippen LogP) is 2.32. The van der Waals surface area contributed by atoms with E-state index in [4.69, 9.17) is 4.74 Å². The smallest absolute Gasteiger partial charge is 0.240 e. The molecule has 0 fully saturated rings. The van der Waals surface area contributed by atoms with Crippen LogP contribution in [0.2, 0.25) is 0 Å². The molecule has 158 valence electrons. The van der Waals surface area contributed by atoms with E-state index in [2.05, 4.69) is 16.6 Å². The van der Waals surface area contributed by atoms with Gasteiger partial charge in [-0.05, 0) is 30.0 Å². The quantitative estimate of drug-likeness (QED) is 0.410. The summed E-state index contributed by atoms with van der Waals surface area (Å²) in [6, 6.07) is 17.5. The van der Waals surface area contributed by atoms with Gasteiger partial charge in [0, 0.05) is 19.7 Å². The summed E-state index contributed by atoms with van der Waals surface area (Å²) in [5.74, 6) is 0.0455. The fourth-order valence-electron chi connectivity index (χ4n) is 2.83. The molecule has 3 N–H and O–H groups in total. The number of ether oxygens (including phenoxy) is 1. The second-order valence-electron chi connectivity index (χ2n) is 6.86. The number of rotatable bonds is 14. The van der Waals surface area contributed by atoms with Crippen LogP contribution in [0, 0.1) is 5.92 Å². The highest BCUT2D eigenvalue weighted by molar-refractivity contribution is 7.89. The number of sulfonamides is 1. The first-order valence-electron chi connectivity index (χ1n) is 9.66. The zero-order valence-electron chi connectivity index (χ0n) is 16.5. The van der Waals surface area contributed by atoms with Crippen molar-refractivity contribution in [2.75, 3.05) is 26.3 Å². The minimum atomic E-state index is -3.66. The summed E-state index contributed by atoms with van der Waals surface area (Å²) in [6.07, 6.45) is 2.45. The van der Waals surface area contributed by atoms with Crippen LogP contribution < -0.4 is 10.0 Å². The number of allylic oxidation sites excluding steroid dienone is 1. The van der Waals surface area contributed by atoms with Gasteiger partial charge in [0.1, 0.15) is 0 Å². The Hall–Kier alpha value is -2.03. The molecule has 0 radical (unpaired) electrons. The van der Waals surface area contributed by atoms with Gasteiger partial charge < -0.3 is 15.2 Å². The third kappa shape index (κ3) is 8.47. The Morgan fingerprint density at radius 2 is 1.69 bits per heavy atom. The molecule has 1 unspecified atom stereocenters. The second kappa shape index (κ2) is 12.5. The Bertz CT molecular complexity index is 813. The molecule has 0 aliphatic heterocycles. The first-order valence-corrected chi connectivity index (χ1v) is 11.1. The Balaban J connectivity index is 1.96. The van der Waals surface area contributed by atoms with Crippen molar-refractivity contribution in [2.45, 2.75) is 24.0 Å². The van der Waals surface area contributed by atoms with Gasteiger partial charge in [-0.2, -0.15) is 0 Å². The van der Waals surface area contributed by atoms with E-state index in [1.54, 1.807) is 36.4 Å². The first-order chi connectivity index (χ1) is 14.0. The summed E-state index contributed by atoms with van der Waals surface area (Å²) < 4.78 is 33.9. The van der Waals surface area contributed by atoms with Crippen molar-refractivity contribution < 1.29 is 18.3 Å². The Labute approximate surface area is 173 Å². The van der Waals surface area contributed by atoms with Crippen LogP contribution in [0.15, 0.2) is 78.2 Å². The lowest BCUT2D eigenvalue weighted by molar-refractivity contribution is 0.103. The minimum Gasteiger partial charge on any atom is -0.396 e. The zero-order valence-corrected chi connectivity index (χ0v) is 17.4. The summed E-state index contributed by atoms with van der Waals surface area (Å²) in [5, 5.41) is 12.6. The van der Waals surface area contributed by atoms with Crippen molar-refractivity contribution in [2.24, 2.45) is 5.92 Å². The molecule has 0 bridgehead atoms. The molecule has 0 saturated carbocycles. The molecule has 0 saturated heterocycles. The third-order valence-corrected chi connectivity index (χ3v) is 5.92. The number of nitrogens with one attached hydrogen (secondary N) is 2.